The van der Waals surface area contributed by atoms with Gasteiger partial charge in [0, 0.05) is 24.6 Å². The number of carbonyl (C=O) groups excluding carboxylic acids is 2. The van der Waals surface area contributed by atoms with Gasteiger partial charge in [-0.05, 0) is 38.0 Å². The Kier molecular flexibility index (Phi) is 7.14. The zero-order chi connectivity index (χ0) is 20.7. The van der Waals surface area contributed by atoms with E-state index >= 15 is 0 Å². The van der Waals surface area contributed by atoms with Crippen LogP contribution in [0.25, 0.3) is 0 Å². The molecule has 1 amide bonds. The lowest BCUT2D eigenvalue weighted by Crippen LogP contribution is -2.18. The van der Waals surface area contributed by atoms with Crippen LogP contribution in [0.5, 0.6) is 17.2 Å². The lowest BCUT2D eigenvalue weighted by Gasteiger charge is -2.13. The molecule has 2 rings (SSSR count). The molecule has 150 valence electrons. The molecule has 28 heavy (non-hydrogen) atoms. The third-order valence-corrected chi connectivity index (χ3v) is 4.01. The SMILES string of the molecule is COc1cc(C=NNC(=O)CCc2c(C)n[nH]c2C)cc(OC)c1OC(C)=O. The van der Waals surface area contributed by atoms with E-state index in [1.807, 2.05) is 13.8 Å². The van der Waals surface area contributed by atoms with Gasteiger partial charge in [0.05, 0.1) is 26.1 Å². The number of methoxy groups -OCH3 is 2. The van der Waals surface area contributed by atoms with E-state index in [2.05, 4.69) is 20.7 Å². The highest BCUT2D eigenvalue weighted by atomic mass is 16.6. The second-order valence-corrected chi connectivity index (χ2v) is 6.05. The molecule has 0 saturated heterocycles. The first-order valence-corrected chi connectivity index (χ1v) is 8.62. The van der Waals surface area contributed by atoms with Crippen LogP contribution in [-0.4, -0.2) is 42.5 Å². The number of esters is 1. The molecule has 0 saturated carbocycles. The predicted octanol–water partition coefficient (Wildman–Crippen LogP) is 2.05. The van der Waals surface area contributed by atoms with Gasteiger partial charge in [0.15, 0.2) is 11.5 Å². The third kappa shape index (κ3) is 5.32. The minimum Gasteiger partial charge on any atom is -0.493 e. The minimum atomic E-state index is -0.492. The molecule has 0 fully saturated rings. The molecule has 2 N–H and O–H groups in total. The van der Waals surface area contributed by atoms with Crippen LogP contribution >= 0.6 is 0 Å². The number of carbonyl (C=O) groups is 2. The van der Waals surface area contributed by atoms with Crippen molar-refractivity contribution in [3.8, 4) is 17.2 Å². The number of H-pyrrole nitrogens is 1. The standard InChI is InChI=1S/C19H24N4O5/c1-11-15(12(2)22-21-11)6-7-18(25)23-20-10-14-8-16(26-4)19(28-13(3)24)17(9-14)27-5/h8-10H,6-7H2,1-5H3,(H,21,22)(H,23,25). The molecule has 0 aliphatic rings. The summed E-state index contributed by atoms with van der Waals surface area (Å²) >= 11 is 0. The maximum atomic E-state index is 12.0. The number of aromatic amines is 1. The summed E-state index contributed by atoms with van der Waals surface area (Å²) in [5.41, 5.74) is 5.98. The van der Waals surface area contributed by atoms with E-state index in [4.69, 9.17) is 14.2 Å². The van der Waals surface area contributed by atoms with Crippen LogP contribution in [0.2, 0.25) is 0 Å². The van der Waals surface area contributed by atoms with Crippen LogP contribution in [0.1, 0.15) is 35.9 Å². The van der Waals surface area contributed by atoms with E-state index in [0.29, 0.717) is 23.5 Å². The van der Waals surface area contributed by atoms with Gasteiger partial charge in [0.25, 0.3) is 0 Å². The summed E-state index contributed by atoms with van der Waals surface area (Å²) in [6.45, 7) is 5.11. The summed E-state index contributed by atoms with van der Waals surface area (Å²) in [6, 6.07) is 3.24. The molecule has 0 aliphatic carbocycles. The zero-order valence-electron chi connectivity index (χ0n) is 16.6. The van der Waals surface area contributed by atoms with Crippen molar-refractivity contribution in [2.24, 2.45) is 5.10 Å². The van der Waals surface area contributed by atoms with Crippen molar-refractivity contribution in [1.82, 2.24) is 15.6 Å². The Bertz CT molecular complexity index is 844. The molecule has 0 atom stereocenters. The molecule has 1 heterocycles. The number of ether oxygens (including phenoxy) is 3. The molecular formula is C19H24N4O5. The van der Waals surface area contributed by atoms with Gasteiger partial charge >= 0.3 is 5.97 Å². The second-order valence-electron chi connectivity index (χ2n) is 6.05. The molecule has 0 radical (unpaired) electrons. The summed E-state index contributed by atoms with van der Waals surface area (Å²) in [5.74, 6) is 0.103. The lowest BCUT2D eigenvalue weighted by molar-refractivity contribution is -0.132. The molecular weight excluding hydrogens is 364 g/mol. The van der Waals surface area contributed by atoms with E-state index in [0.717, 1.165) is 17.0 Å². The van der Waals surface area contributed by atoms with Crippen molar-refractivity contribution in [2.45, 2.75) is 33.6 Å². The van der Waals surface area contributed by atoms with Crippen molar-refractivity contribution in [3.63, 3.8) is 0 Å². The number of amides is 1. The Morgan fingerprint density at radius 1 is 1.21 bits per heavy atom. The van der Waals surface area contributed by atoms with Crippen LogP contribution in [0.15, 0.2) is 17.2 Å². The van der Waals surface area contributed by atoms with Gasteiger partial charge in [-0.25, -0.2) is 5.43 Å². The molecule has 1 aromatic heterocycles. The Labute approximate surface area is 163 Å². The maximum absolute atomic E-state index is 12.0. The Morgan fingerprint density at radius 2 is 1.86 bits per heavy atom. The highest BCUT2D eigenvalue weighted by molar-refractivity contribution is 5.85. The lowest BCUT2D eigenvalue weighted by atomic mass is 10.1. The van der Waals surface area contributed by atoms with Crippen molar-refractivity contribution in [2.75, 3.05) is 14.2 Å². The first-order chi connectivity index (χ1) is 13.3. The highest BCUT2D eigenvalue weighted by Crippen LogP contribution is 2.38. The third-order valence-electron chi connectivity index (χ3n) is 4.01. The first-order valence-electron chi connectivity index (χ1n) is 8.62. The number of aromatic nitrogens is 2. The van der Waals surface area contributed by atoms with Gasteiger partial charge in [-0.2, -0.15) is 10.2 Å². The van der Waals surface area contributed by atoms with E-state index in [1.54, 1.807) is 12.1 Å². The number of benzene rings is 1. The molecule has 2 aromatic rings. The largest absolute Gasteiger partial charge is 0.493 e. The van der Waals surface area contributed by atoms with Gasteiger partial charge in [0.1, 0.15) is 0 Å². The van der Waals surface area contributed by atoms with E-state index < -0.39 is 5.97 Å². The van der Waals surface area contributed by atoms with Gasteiger partial charge in [-0.3, -0.25) is 14.7 Å². The Hall–Kier alpha value is -3.36. The summed E-state index contributed by atoms with van der Waals surface area (Å²) in [6.07, 6.45) is 2.32. The fourth-order valence-electron chi connectivity index (χ4n) is 2.63. The average Bonchev–Trinajstić information content (AvgIpc) is 2.98. The van der Waals surface area contributed by atoms with E-state index in [9.17, 15) is 9.59 Å². The molecule has 0 bridgehead atoms. The van der Waals surface area contributed by atoms with Gasteiger partial charge in [0.2, 0.25) is 11.7 Å². The van der Waals surface area contributed by atoms with Crippen molar-refractivity contribution < 1.29 is 23.8 Å². The average molecular weight is 388 g/mol. The summed E-state index contributed by atoms with van der Waals surface area (Å²) < 4.78 is 15.6. The predicted molar refractivity (Wildman–Crippen MR) is 103 cm³/mol. The quantitative estimate of drug-likeness (QED) is 0.310. The molecule has 9 heteroatoms. The number of nitrogens with one attached hydrogen (secondary N) is 2. The van der Waals surface area contributed by atoms with Crippen LogP contribution in [0.3, 0.4) is 0 Å². The van der Waals surface area contributed by atoms with E-state index in [-0.39, 0.29) is 18.1 Å². The number of nitrogens with zero attached hydrogens (tertiary/aromatic N) is 2. The van der Waals surface area contributed by atoms with Crippen molar-refractivity contribution >= 4 is 18.1 Å². The molecule has 1 aromatic carbocycles. The number of hydrogen-bond acceptors (Lipinski definition) is 7. The van der Waals surface area contributed by atoms with Crippen LogP contribution < -0.4 is 19.6 Å². The molecule has 0 spiro atoms. The molecule has 0 unspecified atom stereocenters. The summed E-state index contributed by atoms with van der Waals surface area (Å²) in [4.78, 5) is 23.3. The summed E-state index contributed by atoms with van der Waals surface area (Å²) in [7, 11) is 2.90. The maximum Gasteiger partial charge on any atom is 0.308 e. The second kappa shape index (κ2) is 9.54. The van der Waals surface area contributed by atoms with Gasteiger partial charge < -0.3 is 14.2 Å². The monoisotopic (exact) mass is 388 g/mol. The number of rotatable bonds is 8. The highest BCUT2D eigenvalue weighted by Gasteiger charge is 2.15. The summed E-state index contributed by atoms with van der Waals surface area (Å²) in [5, 5.41) is 11.0. The number of hydrogen-bond donors (Lipinski definition) is 2. The fourth-order valence-corrected chi connectivity index (χ4v) is 2.63. The van der Waals surface area contributed by atoms with Crippen molar-refractivity contribution in [3.05, 3.63) is 34.6 Å². The first kappa shape index (κ1) is 20.9. The fraction of sp³-hybridized carbons (Fsp3) is 0.368. The number of aryl methyl sites for hydroxylation is 2. The molecule has 0 aliphatic heterocycles. The Balaban J connectivity index is 2.03. The Morgan fingerprint density at radius 3 is 2.36 bits per heavy atom. The topological polar surface area (TPSA) is 115 Å². The van der Waals surface area contributed by atoms with E-state index in [1.165, 1.54) is 27.4 Å². The van der Waals surface area contributed by atoms with Crippen LogP contribution in [0, 0.1) is 13.8 Å². The minimum absolute atomic E-state index is 0.185. The van der Waals surface area contributed by atoms with Gasteiger partial charge in [-0.15, -0.1) is 0 Å². The number of hydrazone groups is 1. The molecule has 9 nitrogen and oxygen atoms in total. The normalized spacial score (nSPS) is 10.8. The smallest absolute Gasteiger partial charge is 0.308 e. The van der Waals surface area contributed by atoms with Gasteiger partial charge in [-0.1, -0.05) is 0 Å². The van der Waals surface area contributed by atoms with Crippen LogP contribution in [0.4, 0.5) is 0 Å². The van der Waals surface area contributed by atoms with Crippen LogP contribution in [-0.2, 0) is 16.0 Å². The van der Waals surface area contributed by atoms with Crippen molar-refractivity contribution in [1.29, 1.82) is 0 Å². The zero-order valence-corrected chi connectivity index (χ0v) is 16.6.